The molecular formula is C16H19N5O. The van der Waals surface area contributed by atoms with Crippen LogP contribution in [0.1, 0.15) is 19.3 Å². The third-order valence-electron chi connectivity index (χ3n) is 4.36. The van der Waals surface area contributed by atoms with Gasteiger partial charge in [0.1, 0.15) is 0 Å². The summed E-state index contributed by atoms with van der Waals surface area (Å²) in [5.41, 5.74) is 2.24. The lowest BCUT2D eigenvalue weighted by Gasteiger charge is -2.38. The summed E-state index contributed by atoms with van der Waals surface area (Å²) in [7, 11) is 0. The molecule has 1 aliphatic heterocycles. The van der Waals surface area contributed by atoms with Crippen LogP contribution in [-0.4, -0.2) is 40.0 Å². The molecular weight excluding hydrogens is 278 g/mol. The van der Waals surface area contributed by atoms with Gasteiger partial charge in [-0.1, -0.05) is 17.3 Å². The van der Waals surface area contributed by atoms with Gasteiger partial charge in [0.05, 0.1) is 24.1 Å². The Bertz CT molecular complexity index is 665. The molecule has 6 nitrogen and oxygen atoms in total. The van der Waals surface area contributed by atoms with Crippen molar-refractivity contribution in [1.82, 2.24) is 15.0 Å². The van der Waals surface area contributed by atoms with Crippen LogP contribution < -0.4 is 9.80 Å². The highest BCUT2D eigenvalue weighted by Gasteiger charge is 2.35. The van der Waals surface area contributed by atoms with E-state index in [9.17, 15) is 4.79 Å². The average molecular weight is 297 g/mol. The van der Waals surface area contributed by atoms with E-state index in [1.54, 1.807) is 17.1 Å². The molecule has 2 heterocycles. The highest BCUT2D eigenvalue weighted by atomic mass is 16.2. The highest BCUT2D eigenvalue weighted by Crippen LogP contribution is 2.39. The Hall–Kier alpha value is -2.37. The summed E-state index contributed by atoms with van der Waals surface area (Å²) >= 11 is 0. The van der Waals surface area contributed by atoms with Crippen LogP contribution in [0.25, 0.3) is 0 Å². The Kier molecular flexibility index (Phi) is 3.29. The number of benzene rings is 1. The number of amides is 1. The number of hydrogen-bond donors (Lipinski definition) is 0. The van der Waals surface area contributed by atoms with Gasteiger partial charge in [0, 0.05) is 31.7 Å². The van der Waals surface area contributed by atoms with Gasteiger partial charge in [-0.2, -0.15) is 0 Å². The van der Waals surface area contributed by atoms with Gasteiger partial charge in [-0.3, -0.25) is 9.48 Å². The molecule has 1 fully saturated rings. The molecule has 114 valence electrons. The summed E-state index contributed by atoms with van der Waals surface area (Å²) in [5.74, 6) is 0.151. The van der Waals surface area contributed by atoms with Crippen molar-refractivity contribution in [3.05, 3.63) is 36.7 Å². The summed E-state index contributed by atoms with van der Waals surface area (Å²) in [6, 6.07) is 8.92. The maximum Gasteiger partial charge on any atom is 0.228 e. The van der Waals surface area contributed by atoms with E-state index in [0.29, 0.717) is 19.0 Å². The zero-order valence-corrected chi connectivity index (χ0v) is 12.4. The normalized spacial score (nSPS) is 17.5. The molecule has 2 aliphatic rings. The van der Waals surface area contributed by atoms with E-state index in [4.69, 9.17) is 0 Å². The monoisotopic (exact) mass is 297 g/mol. The van der Waals surface area contributed by atoms with Crippen molar-refractivity contribution in [3.8, 4) is 0 Å². The van der Waals surface area contributed by atoms with Crippen molar-refractivity contribution in [1.29, 1.82) is 0 Å². The first-order chi connectivity index (χ1) is 10.8. The van der Waals surface area contributed by atoms with E-state index in [0.717, 1.165) is 18.8 Å². The second-order valence-electron chi connectivity index (χ2n) is 5.87. The van der Waals surface area contributed by atoms with Crippen LogP contribution in [-0.2, 0) is 11.3 Å². The molecule has 0 N–H and O–H groups in total. The van der Waals surface area contributed by atoms with Gasteiger partial charge in [-0.05, 0) is 25.0 Å². The molecule has 2 aromatic rings. The third-order valence-corrected chi connectivity index (χ3v) is 4.36. The molecule has 0 saturated heterocycles. The number of hydrogen-bond acceptors (Lipinski definition) is 4. The summed E-state index contributed by atoms with van der Waals surface area (Å²) in [6.07, 6.45) is 6.41. The molecule has 4 rings (SSSR count). The number of rotatable bonds is 4. The fourth-order valence-corrected chi connectivity index (χ4v) is 3.11. The third kappa shape index (κ3) is 2.45. The topological polar surface area (TPSA) is 54.3 Å². The molecule has 1 aromatic heterocycles. The molecule has 0 bridgehead atoms. The van der Waals surface area contributed by atoms with Crippen molar-refractivity contribution < 1.29 is 4.79 Å². The SMILES string of the molecule is O=C(CCn1ccnn1)N1CCN(C2CC2)c2ccccc21. The van der Waals surface area contributed by atoms with Gasteiger partial charge < -0.3 is 9.80 Å². The van der Waals surface area contributed by atoms with E-state index in [-0.39, 0.29) is 5.91 Å². The summed E-state index contributed by atoms with van der Waals surface area (Å²) in [6.45, 7) is 2.27. The van der Waals surface area contributed by atoms with Crippen molar-refractivity contribution in [3.63, 3.8) is 0 Å². The molecule has 1 aromatic carbocycles. The van der Waals surface area contributed by atoms with Crippen molar-refractivity contribution in [2.75, 3.05) is 22.9 Å². The molecule has 1 aliphatic carbocycles. The number of fused-ring (bicyclic) bond motifs is 1. The van der Waals surface area contributed by atoms with Gasteiger partial charge in [-0.25, -0.2) is 0 Å². The maximum absolute atomic E-state index is 12.6. The van der Waals surface area contributed by atoms with Gasteiger partial charge in [0.25, 0.3) is 0 Å². The lowest BCUT2D eigenvalue weighted by Crippen LogP contribution is -2.45. The lowest BCUT2D eigenvalue weighted by atomic mass is 10.1. The first-order valence-corrected chi connectivity index (χ1v) is 7.83. The minimum Gasteiger partial charge on any atom is -0.365 e. The van der Waals surface area contributed by atoms with Crippen LogP contribution in [0.2, 0.25) is 0 Å². The first kappa shape index (κ1) is 13.3. The van der Waals surface area contributed by atoms with E-state index in [1.165, 1.54) is 18.5 Å². The van der Waals surface area contributed by atoms with Crippen LogP contribution in [0, 0.1) is 0 Å². The number of para-hydroxylation sites is 2. The Morgan fingerprint density at radius 2 is 2.00 bits per heavy atom. The number of aryl methyl sites for hydroxylation is 1. The standard InChI is InChI=1S/C16H19N5O/c22-16(7-9-19-10-8-17-18-19)21-12-11-20(13-5-6-13)14-3-1-2-4-15(14)21/h1-4,8,10,13H,5-7,9,11-12H2. The Labute approximate surface area is 129 Å². The highest BCUT2D eigenvalue weighted by molar-refractivity contribution is 5.97. The fraction of sp³-hybridized carbons (Fsp3) is 0.438. The molecule has 0 spiro atoms. The van der Waals surface area contributed by atoms with Crippen LogP contribution in [0.3, 0.4) is 0 Å². The number of carbonyl (C=O) groups is 1. The zero-order chi connectivity index (χ0) is 14.9. The zero-order valence-electron chi connectivity index (χ0n) is 12.4. The number of anilines is 2. The molecule has 1 saturated carbocycles. The first-order valence-electron chi connectivity index (χ1n) is 7.83. The van der Waals surface area contributed by atoms with Gasteiger partial charge >= 0.3 is 0 Å². The van der Waals surface area contributed by atoms with Gasteiger partial charge in [0.2, 0.25) is 5.91 Å². The summed E-state index contributed by atoms with van der Waals surface area (Å²) in [5, 5.41) is 7.68. The number of nitrogens with zero attached hydrogens (tertiary/aromatic N) is 5. The predicted octanol–water partition coefficient (Wildman–Crippen LogP) is 1.68. The van der Waals surface area contributed by atoms with E-state index in [1.807, 2.05) is 11.0 Å². The molecule has 6 heteroatoms. The Morgan fingerprint density at radius 1 is 1.18 bits per heavy atom. The summed E-state index contributed by atoms with van der Waals surface area (Å²) in [4.78, 5) is 17.0. The van der Waals surface area contributed by atoms with Gasteiger partial charge in [0.15, 0.2) is 0 Å². The minimum atomic E-state index is 0.151. The molecule has 22 heavy (non-hydrogen) atoms. The number of carbonyl (C=O) groups excluding carboxylic acids is 1. The predicted molar refractivity (Wildman–Crippen MR) is 83.8 cm³/mol. The van der Waals surface area contributed by atoms with E-state index >= 15 is 0 Å². The van der Waals surface area contributed by atoms with Crippen molar-refractivity contribution in [2.45, 2.75) is 31.8 Å². The smallest absolute Gasteiger partial charge is 0.228 e. The van der Waals surface area contributed by atoms with E-state index in [2.05, 4.69) is 33.4 Å². The second kappa shape index (κ2) is 5.44. The van der Waals surface area contributed by atoms with Crippen LogP contribution in [0.15, 0.2) is 36.7 Å². The fourth-order valence-electron chi connectivity index (χ4n) is 3.11. The number of aromatic nitrogens is 3. The largest absolute Gasteiger partial charge is 0.365 e. The minimum absolute atomic E-state index is 0.151. The quantitative estimate of drug-likeness (QED) is 0.861. The molecule has 0 unspecified atom stereocenters. The Balaban J connectivity index is 1.51. The van der Waals surface area contributed by atoms with Crippen LogP contribution in [0.4, 0.5) is 11.4 Å². The molecule has 1 amide bonds. The average Bonchev–Trinajstić information content (AvgIpc) is 3.27. The second-order valence-corrected chi connectivity index (χ2v) is 5.87. The Morgan fingerprint density at radius 3 is 2.73 bits per heavy atom. The maximum atomic E-state index is 12.6. The van der Waals surface area contributed by atoms with Crippen molar-refractivity contribution >= 4 is 17.3 Å². The molecule has 0 atom stereocenters. The molecule has 0 radical (unpaired) electrons. The van der Waals surface area contributed by atoms with Gasteiger partial charge in [-0.15, -0.1) is 5.10 Å². The van der Waals surface area contributed by atoms with Crippen LogP contribution in [0.5, 0.6) is 0 Å². The lowest BCUT2D eigenvalue weighted by molar-refractivity contribution is -0.118. The summed E-state index contributed by atoms with van der Waals surface area (Å²) < 4.78 is 1.70. The van der Waals surface area contributed by atoms with Crippen molar-refractivity contribution in [2.24, 2.45) is 0 Å². The van der Waals surface area contributed by atoms with E-state index < -0.39 is 0 Å². The van der Waals surface area contributed by atoms with Crippen LogP contribution >= 0.6 is 0 Å².